The molecule has 0 aliphatic rings. The molecule has 55 heavy (non-hydrogen) atoms. The standard InChI is InChI=1S/C42H60N6O7/c1-5-6-9-16-32-26-34-31(17-14-18-35(34)47-39(32)43)15-10-8-13-25-44-42(54)55-27-30-21-23-33(24-22-30)46-40(52)29(4)45-41(53)38(28(2)3)48-36(49)19-11-7-12-20-37(50)51/h14,17-18,21-24,26,28-29,38H,5-13,15-16,19-20,25,27H2,1-4H3,(H2,43,47)(H,44,54)(H,45,53)(H,46,52)(H,48,49)(H,50,51)/t29?,38-/m0/s1. The number of carbonyl (C=O) groups is 5. The summed E-state index contributed by atoms with van der Waals surface area (Å²) in [5, 5.41) is 20.9. The van der Waals surface area contributed by atoms with Gasteiger partial charge in [0, 0.05) is 30.5 Å². The summed E-state index contributed by atoms with van der Waals surface area (Å²) in [6.07, 6.45) is 9.42. The van der Waals surface area contributed by atoms with Crippen LogP contribution in [-0.4, -0.2) is 58.5 Å². The Labute approximate surface area is 324 Å². The van der Waals surface area contributed by atoms with Gasteiger partial charge < -0.3 is 36.8 Å². The Kier molecular flexibility index (Phi) is 18.9. The number of amides is 4. The predicted octanol–water partition coefficient (Wildman–Crippen LogP) is 6.81. The lowest BCUT2D eigenvalue weighted by atomic mass is 9.99. The highest BCUT2D eigenvalue weighted by molar-refractivity contribution is 5.98. The fraction of sp³-hybridized carbons (Fsp3) is 0.524. The molecule has 3 rings (SSSR count). The van der Waals surface area contributed by atoms with E-state index in [0.29, 0.717) is 37.3 Å². The van der Waals surface area contributed by atoms with Crippen molar-refractivity contribution in [2.45, 2.75) is 130 Å². The number of pyridine rings is 1. The van der Waals surface area contributed by atoms with Gasteiger partial charge in [-0.2, -0.15) is 0 Å². The molecule has 3 aromatic rings. The van der Waals surface area contributed by atoms with Crippen LogP contribution < -0.4 is 27.0 Å². The number of fused-ring (bicyclic) bond motifs is 1. The van der Waals surface area contributed by atoms with Crippen molar-refractivity contribution in [2.24, 2.45) is 5.92 Å². The molecular formula is C42H60N6O7. The number of rotatable bonds is 24. The van der Waals surface area contributed by atoms with Crippen LogP contribution in [0.1, 0.15) is 115 Å². The Balaban J connectivity index is 1.33. The largest absolute Gasteiger partial charge is 0.481 e. The lowest BCUT2D eigenvalue weighted by Gasteiger charge is -2.24. The summed E-state index contributed by atoms with van der Waals surface area (Å²) in [5.74, 6) is -1.68. The molecular weight excluding hydrogens is 700 g/mol. The van der Waals surface area contributed by atoms with Crippen LogP contribution in [0.15, 0.2) is 48.5 Å². The van der Waals surface area contributed by atoms with Gasteiger partial charge in [0.15, 0.2) is 0 Å². The normalized spacial score (nSPS) is 12.2. The first-order valence-corrected chi connectivity index (χ1v) is 19.7. The van der Waals surface area contributed by atoms with Crippen LogP contribution in [0.25, 0.3) is 10.9 Å². The van der Waals surface area contributed by atoms with E-state index in [1.165, 1.54) is 17.4 Å². The lowest BCUT2D eigenvalue weighted by molar-refractivity contribution is -0.137. The van der Waals surface area contributed by atoms with E-state index in [4.69, 9.17) is 15.6 Å². The molecule has 0 aliphatic carbocycles. The van der Waals surface area contributed by atoms with Crippen molar-refractivity contribution < 1.29 is 33.8 Å². The lowest BCUT2D eigenvalue weighted by Crippen LogP contribution is -2.53. The molecule has 0 radical (unpaired) electrons. The number of unbranched alkanes of at least 4 members (excludes halogenated alkanes) is 6. The molecule has 1 unspecified atom stereocenters. The number of ether oxygens (including phenoxy) is 1. The molecule has 300 valence electrons. The molecule has 0 saturated carbocycles. The van der Waals surface area contributed by atoms with Gasteiger partial charge >= 0.3 is 12.1 Å². The molecule has 2 atom stereocenters. The summed E-state index contributed by atoms with van der Waals surface area (Å²) >= 11 is 0. The average molecular weight is 761 g/mol. The molecule has 13 heteroatoms. The zero-order valence-corrected chi connectivity index (χ0v) is 32.9. The van der Waals surface area contributed by atoms with Crippen molar-refractivity contribution in [3.8, 4) is 0 Å². The first-order chi connectivity index (χ1) is 26.4. The van der Waals surface area contributed by atoms with Crippen LogP contribution in [0.4, 0.5) is 16.3 Å². The molecule has 1 heterocycles. The van der Waals surface area contributed by atoms with Gasteiger partial charge in [0.25, 0.3) is 0 Å². The zero-order chi connectivity index (χ0) is 40.2. The Morgan fingerprint density at radius 2 is 1.49 bits per heavy atom. The second-order valence-electron chi connectivity index (χ2n) is 14.4. The van der Waals surface area contributed by atoms with Crippen LogP contribution >= 0.6 is 0 Å². The second kappa shape index (κ2) is 23.6. The molecule has 0 bridgehead atoms. The van der Waals surface area contributed by atoms with Crippen molar-refractivity contribution in [1.29, 1.82) is 0 Å². The van der Waals surface area contributed by atoms with E-state index in [1.54, 1.807) is 45.0 Å². The van der Waals surface area contributed by atoms with Gasteiger partial charge in [-0.1, -0.05) is 70.7 Å². The summed E-state index contributed by atoms with van der Waals surface area (Å²) in [7, 11) is 0. The topological polar surface area (TPSA) is 202 Å². The maximum Gasteiger partial charge on any atom is 0.407 e. The van der Waals surface area contributed by atoms with Crippen LogP contribution in [0.2, 0.25) is 0 Å². The van der Waals surface area contributed by atoms with Crippen LogP contribution in [-0.2, 0) is 43.4 Å². The summed E-state index contributed by atoms with van der Waals surface area (Å²) in [6.45, 7) is 7.92. The van der Waals surface area contributed by atoms with Crippen molar-refractivity contribution in [1.82, 2.24) is 20.9 Å². The van der Waals surface area contributed by atoms with E-state index in [1.807, 2.05) is 12.1 Å². The van der Waals surface area contributed by atoms with Crippen molar-refractivity contribution in [3.63, 3.8) is 0 Å². The number of aryl methyl sites for hydroxylation is 2. The number of hydrogen-bond donors (Lipinski definition) is 6. The molecule has 4 amide bonds. The van der Waals surface area contributed by atoms with Crippen LogP contribution in [0.5, 0.6) is 0 Å². The van der Waals surface area contributed by atoms with E-state index >= 15 is 0 Å². The SMILES string of the molecule is CCCCCc1cc2c(CCCCCNC(=O)OCc3ccc(NC(=O)C(C)NC(=O)[C@@H](NC(=O)CCCCCC(=O)O)C(C)C)cc3)cccc2nc1N. The maximum absolute atomic E-state index is 12.9. The summed E-state index contributed by atoms with van der Waals surface area (Å²) in [6, 6.07) is 13.5. The highest BCUT2D eigenvalue weighted by atomic mass is 16.5. The Hall–Kier alpha value is -5.20. The Morgan fingerprint density at radius 3 is 2.20 bits per heavy atom. The highest BCUT2D eigenvalue weighted by Crippen LogP contribution is 2.25. The quantitative estimate of drug-likeness (QED) is 0.0531. The van der Waals surface area contributed by atoms with Crippen molar-refractivity contribution in [3.05, 3.63) is 65.2 Å². The number of carbonyl (C=O) groups excluding carboxylic acids is 4. The summed E-state index contributed by atoms with van der Waals surface area (Å²) in [4.78, 5) is 65.8. The van der Waals surface area contributed by atoms with Crippen LogP contribution in [0, 0.1) is 5.92 Å². The third-order valence-corrected chi connectivity index (χ3v) is 9.41. The van der Waals surface area contributed by atoms with Gasteiger partial charge in [0.2, 0.25) is 17.7 Å². The van der Waals surface area contributed by atoms with Crippen molar-refractivity contribution in [2.75, 3.05) is 17.6 Å². The molecule has 1 aromatic heterocycles. The number of nitrogens with one attached hydrogen (secondary N) is 4. The molecule has 0 aliphatic heterocycles. The summed E-state index contributed by atoms with van der Waals surface area (Å²) < 4.78 is 5.37. The smallest absolute Gasteiger partial charge is 0.407 e. The van der Waals surface area contributed by atoms with Gasteiger partial charge in [-0.3, -0.25) is 19.2 Å². The third kappa shape index (κ3) is 16.0. The maximum atomic E-state index is 12.9. The van der Waals surface area contributed by atoms with E-state index in [-0.39, 0.29) is 31.3 Å². The minimum absolute atomic E-state index is 0.0575. The first kappa shape index (κ1) is 44.2. The summed E-state index contributed by atoms with van der Waals surface area (Å²) in [5.41, 5.74) is 10.8. The number of nitrogen functional groups attached to an aromatic ring is 1. The van der Waals surface area contributed by atoms with Gasteiger partial charge in [-0.25, -0.2) is 9.78 Å². The number of benzene rings is 2. The van der Waals surface area contributed by atoms with Gasteiger partial charge in [-0.05, 0) is 98.7 Å². The number of aromatic nitrogens is 1. The fourth-order valence-electron chi connectivity index (χ4n) is 6.13. The van der Waals surface area contributed by atoms with E-state index in [2.05, 4.69) is 45.3 Å². The van der Waals surface area contributed by atoms with Gasteiger partial charge in [-0.15, -0.1) is 0 Å². The van der Waals surface area contributed by atoms with E-state index < -0.39 is 36.0 Å². The van der Waals surface area contributed by atoms with Crippen molar-refractivity contribution >= 4 is 52.2 Å². The number of aliphatic carboxylic acids is 1. The number of anilines is 2. The number of hydrogen-bond acceptors (Lipinski definition) is 8. The molecule has 7 N–H and O–H groups in total. The molecule has 0 spiro atoms. The number of alkyl carbamates (subject to hydrolysis) is 1. The van der Waals surface area contributed by atoms with Crippen LogP contribution in [0.3, 0.4) is 0 Å². The minimum atomic E-state index is -0.878. The predicted molar refractivity (Wildman–Crippen MR) is 215 cm³/mol. The average Bonchev–Trinajstić information content (AvgIpc) is 3.14. The number of carboxylic acids is 1. The van der Waals surface area contributed by atoms with E-state index in [9.17, 15) is 24.0 Å². The monoisotopic (exact) mass is 760 g/mol. The highest BCUT2D eigenvalue weighted by Gasteiger charge is 2.27. The molecule has 2 aromatic carbocycles. The molecule has 0 fully saturated rings. The number of carboxylic acid groups (broad SMARTS) is 1. The van der Waals surface area contributed by atoms with Gasteiger partial charge in [0.05, 0.1) is 5.52 Å². The van der Waals surface area contributed by atoms with Gasteiger partial charge in [0.1, 0.15) is 24.5 Å². The number of nitrogens with two attached hydrogens (primary N) is 1. The molecule has 13 nitrogen and oxygen atoms in total. The second-order valence-corrected chi connectivity index (χ2v) is 14.4. The third-order valence-electron chi connectivity index (χ3n) is 9.41. The molecule has 0 saturated heterocycles. The zero-order valence-electron chi connectivity index (χ0n) is 32.9. The fourth-order valence-corrected chi connectivity index (χ4v) is 6.13. The Bertz CT molecular complexity index is 1710. The minimum Gasteiger partial charge on any atom is -0.481 e. The Morgan fingerprint density at radius 1 is 0.800 bits per heavy atom. The number of nitrogens with zero attached hydrogens (tertiary/aromatic N) is 1. The van der Waals surface area contributed by atoms with E-state index in [0.717, 1.165) is 61.6 Å². The first-order valence-electron chi connectivity index (χ1n) is 19.7.